The second-order valence-corrected chi connectivity index (χ2v) is 6.12. The lowest BCUT2D eigenvalue weighted by Gasteiger charge is -2.29. The minimum atomic E-state index is 0.105. The molecule has 0 spiro atoms. The first-order valence-electron chi connectivity index (χ1n) is 6.34. The Morgan fingerprint density at radius 3 is 2.61 bits per heavy atom. The van der Waals surface area contributed by atoms with E-state index in [0.717, 1.165) is 28.3 Å². The lowest BCUT2D eigenvalue weighted by molar-refractivity contribution is 0.244. The highest BCUT2D eigenvalue weighted by Crippen LogP contribution is 2.36. The summed E-state index contributed by atoms with van der Waals surface area (Å²) >= 11 is 6.00. The zero-order chi connectivity index (χ0) is 13.3. The second-order valence-electron chi connectivity index (χ2n) is 5.69. The van der Waals surface area contributed by atoms with Crippen molar-refractivity contribution < 1.29 is 4.42 Å². The SMILES string of the molecule is CCNC(c1cc2cc(Cl)ccc2o1)C(C)(C)C. The van der Waals surface area contributed by atoms with Crippen LogP contribution in [0.3, 0.4) is 0 Å². The number of halogens is 1. The maximum atomic E-state index is 6.00. The molecule has 0 aliphatic carbocycles. The van der Waals surface area contributed by atoms with Gasteiger partial charge in [-0.05, 0) is 36.2 Å². The molecule has 0 fully saturated rings. The van der Waals surface area contributed by atoms with E-state index in [2.05, 4.69) is 39.1 Å². The van der Waals surface area contributed by atoms with Crippen LogP contribution in [0.4, 0.5) is 0 Å². The summed E-state index contributed by atoms with van der Waals surface area (Å²) in [6.07, 6.45) is 0. The Hall–Kier alpha value is -0.990. The van der Waals surface area contributed by atoms with Gasteiger partial charge >= 0.3 is 0 Å². The fraction of sp³-hybridized carbons (Fsp3) is 0.467. The van der Waals surface area contributed by atoms with Gasteiger partial charge < -0.3 is 9.73 Å². The van der Waals surface area contributed by atoms with Gasteiger partial charge in [-0.1, -0.05) is 39.3 Å². The van der Waals surface area contributed by atoms with E-state index in [1.54, 1.807) is 0 Å². The zero-order valence-corrected chi connectivity index (χ0v) is 12.1. The van der Waals surface area contributed by atoms with E-state index in [0.29, 0.717) is 0 Å². The smallest absolute Gasteiger partial charge is 0.134 e. The average Bonchev–Trinajstić information content (AvgIpc) is 2.66. The third-order valence-corrected chi connectivity index (χ3v) is 3.29. The summed E-state index contributed by atoms with van der Waals surface area (Å²) in [6, 6.07) is 8.01. The monoisotopic (exact) mass is 265 g/mol. The van der Waals surface area contributed by atoms with Crippen LogP contribution in [-0.2, 0) is 0 Å². The van der Waals surface area contributed by atoms with Crippen molar-refractivity contribution in [1.29, 1.82) is 0 Å². The van der Waals surface area contributed by atoms with Crippen LogP contribution >= 0.6 is 11.6 Å². The van der Waals surface area contributed by atoms with Gasteiger partial charge in [-0.25, -0.2) is 0 Å². The predicted octanol–water partition coefficient (Wildman–Crippen LogP) is 4.78. The summed E-state index contributed by atoms with van der Waals surface area (Å²) in [7, 11) is 0. The molecule has 0 amide bonds. The van der Waals surface area contributed by atoms with Gasteiger partial charge in [-0.15, -0.1) is 0 Å². The Labute approximate surface area is 113 Å². The third kappa shape index (κ3) is 2.70. The highest BCUT2D eigenvalue weighted by atomic mass is 35.5. The molecule has 1 N–H and O–H groups in total. The molecule has 0 aliphatic rings. The van der Waals surface area contributed by atoms with Crippen molar-refractivity contribution in [1.82, 2.24) is 5.32 Å². The summed E-state index contributed by atoms with van der Waals surface area (Å²) in [5.41, 5.74) is 0.995. The molecule has 98 valence electrons. The molecule has 3 heteroatoms. The molecule has 2 rings (SSSR count). The molecule has 2 nitrogen and oxygen atoms in total. The van der Waals surface area contributed by atoms with Gasteiger partial charge in [-0.2, -0.15) is 0 Å². The highest BCUT2D eigenvalue weighted by Gasteiger charge is 2.28. The Bertz CT molecular complexity index is 539. The average molecular weight is 266 g/mol. The molecule has 0 bridgehead atoms. The van der Waals surface area contributed by atoms with Crippen molar-refractivity contribution >= 4 is 22.6 Å². The fourth-order valence-electron chi connectivity index (χ4n) is 2.21. The molecule has 1 heterocycles. The molecule has 1 aromatic carbocycles. The first-order chi connectivity index (χ1) is 8.41. The number of furan rings is 1. The Balaban J connectivity index is 2.44. The molecule has 0 aliphatic heterocycles. The van der Waals surface area contributed by atoms with Gasteiger partial charge in [0, 0.05) is 10.4 Å². The third-order valence-electron chi connectivity index (χ3n) is 3.06. The highest BCUT2D eigenvalue weighted by molar-refractivity contribution is 6.31. The number of hydrogen-bond donors (Lipinski definition) is 1. The number of fused-ring (bicyclic) bond motifs is 1. The first kappa shape index (κ1) is 13.4. The molecule has 0 saturated heterocycles. The minimum absolute atomic E-state index is 0.105. The summed E-state index contributed by atoms with van der Waals surface area (Å²) in [6.45, 7) is 9.65. The van der Waals surface area contributed by atoms with E-state index in [1.165, 1.54) is 0 Å². The van der Waals surface area contributed by atoms with Crippen molar-refractivity contribution in [2.24, 2.45) is 5.41 Å². The van der Waals surface area contributed by atoms with E-state index >= 15 is 0 Å². The lowest BCUT2D eigenvalue weighted by atomic mass is 9.85. The number of nitrogens with one attached hydrogen (secondary N) is 1. The normalized spacial score (nSPS) is 14.1. The Morgan fingerprint density at radius 2 is 2.00 bits per heavy atom. The zero-order valence-electron chi connectivity index (χ0n) is 11.4. The maximum absolute atomic E-state index is 6.00. The van der Waals surface area contributed by atoms with Crippen molar-refractivity contribution in [3.05, 3.63) is 35.0 Å². The standard InChI is InChI=1S/C15H20ClNO/c1-5-17-14(15(2,3)4)13-9-10-8-11(16)6-7-12(10)18-13/h6-9,14,17H,5H2,1-4H3. The Morgan fingerprint density at radius 1 is 1.28 bits per heavy atom. The second kappa shape index (κ2) is 4.94. The van der Waals surface area contributed by atoms with Gasteiger partial charge in [0.05, 0.1) is 6.04 Å². The minimum Gasteiger partial charge on any atom is -0.459 e. The van der Waals surface area contributed by atoms with Crippen LogP contribution in [0, 0.1) is 5.41 Å². The molecular formula is C15H20ClNO. The van der Waals surface area contributed by atoms with Gasteiger partial charge in [0.15, 0.2) is 0 Å². The van der Waals surface area contributed by atoms with Crippen LogP contribution in [0.1, 0.15) is 39.5 Å². The summed E-state index contributed by atoms with van der Waals surface area (Å²) in [4.78, 5) is 0. The van der Waals surface area contributed by atoms with E-state index in [9.17, 15) is 0 Å². The maximum Gasteiger partial charge on any atom is 0.134 e. The van der Waals surface area contributed by atoms with Crippen molar-refractivity contribution in [3.8, 4) is 0 Å². The van der Waals surface area contributed by atoms with E-state index in [4.69, 9.17) is 16.0 Å². The quantitative estimate of drug-likeness (QED) is 0.864. The van der Waals surface area contributed by atoms with Crippen LogP contribution in [0.15, 0.2) is 28.7 Å². The summed E-state index contributed by atoms with van der Waals surface area (Å²) < 4.78 is 5.94. The summed E-state index contributed by atoms with van der Waals surface area (Å²) in [5.74, 6) is 0.974. The van der Waals surface area contributed by atoms with Gasteiger partial charge in [0.25, 0.3) is 0 Å². The van der Waals surface area contributed by atoms with E-state index < -0.39 is 0 Å². The van der Waals surface area contributed by atoms with E-state index in [-0.39, 0.29) is 11.5 Å². The van der Waals surface area contributed by atoms with Gasteiger partial charge in [0.1, 0.15) is 11.3 Å². The molecule has 0 radical (unpaired) electrons. The van der Waals surface area contributed by atoms with Crippen molar-refractivity contribution in [2.75, 3.05) is 6.54 Å². The van der Waals surface area contributed by atoms with Crippen LogP contribution in [0.5, 0.6) is 0 Å². The predicted molar refractivity (Wildman–Crippen MR) is 77.1 cm³/mol. The number of hydrogen-bond acceptors (Lipinski definition) is 2. The molecule has 1 aromatic heterocycles. The number of rotatable bonds is 3. The van der Waals surface area contributed by atoms with Crippen LogP contribution in [-0.4, -0.2) is 6.54 Å². The summed E-state index contributed by atoms with van der Waals surface area (Å²) in [5, 5.41) is 5.29. The Kier molecular flexibility index (Phi) is 3.69. The topological polar surface area (TPSA) is 25.2 Å². The van der Waals surface area contributed by atoms with Crippen LogP contribution < -0.4 is 5.32 Å². The van der Waals surface area contributed by atoms with Crippen LogP contribution in [0.25, 0.3) is 11.0 Å². The molecule has 2 aromatic rings. The molecule has 1 atom stereocenters. The largest absolute Gasteiger partial charge is 0.459 e. The van der Waals surface area contributed by atoms with E-state index in [1.807, 2.05) is 18.2 Å². The fourth-order valence-corrected chi connectivity index (χ4v) is 2.40. The first-order valence-corrected chi connectivity index (χ1v) is 6.72. The van der Waals surface area contributed by atoms with Gasteiger partial charge in [-0.3, -0.25) is 0 Å². The lowest BCUT2D eigenvalue weighted by Crippen LogP contribution is -2.31. The molecule has 0 saturated carbocycles. The number of benzene rings is 1. The van der Waals surface area contributed by atoms with Crippen LogP contribution in [0.2, 0.25) is 5.02 Å². The molecule has 18 heavy (non-hydrogen) atoms. The van der Waals surface area contributed by atoms with Gasteiger partial charge in [0.2, 0.25) is 0 Å². The van der Waals surface area contributed by atoms with Crippen molar-refractivity contribution in [3.63, 3.8) is 0 Å². The molecular weight excluding hydrogens is 246 g/mol. The van der Waals surface area contributed by atoms with Crippen molar-refractivity contribution in [2.45, 2.75) is 33.7 Å². The molecule has 1 unspecified atom stereocenters.